The van der Waals surface area contributed by atoms with E-state index in [9.17, 15) is 0 Å². The fourth-order valence-corrected chi connectivity index (χ4v) is 1.51. The fraction of sp³-hybridized carbons (Fsp3) is 1.00. The molecule has 0 radical (unpaired) electrons. The highest BCUT2D eigenvalue weighted by atomic mass is 15.2. The van der Waals surface area contributed by atoms with Crippen LogP contribution in [-0.4, -0.2) is 63.7 Å². The first-order valence-corrected chi connectivity index (χ1v) is 6.56. The highest BCUT2D eigenvalue weighted by Crippen LogP contribution is 2.01. The molecule has 0 rings (SSSR count). The first kappa shape index (κ1) is 15.9. The molecule has 0 unspecified atom stereocenters. The minimum Gasteiger partial charge on any atom is -0.315 e. The van der Waals surface area contributed by atoms with E-state index < -0.39 is 0 Å². The summed E-state index contributed by atoms with van der Waals surface area (Å²) in [7, 11) is 6.44. The van der Waals surface area contributed by atoms with Crippen molar-refractivity contribution in [1.29, 1.82) is 0 Å². The Morgan fingerprint density at radius 3 is 2.19 bits per heavy atom. The van der Waals surface area contributed by atoms with Gasteiger partial charge in [0.1, 0.15) is 0 Å². The molecular weight excluding hydrogens is 198 g/mol. The molecule has 0 atom stereocenters. The Balaban J connectivity index is 3.18. The van der Waals surface area contributed by atoms with Gasteiger partial charge < -0.3 is 15.1 Å². The van der Waals surface area contributed by atoms with Crippen LogP contribution in [0.3, 0.4) is 0 Å². The topological polar surface area (TPSA) is 18.5 Å². The molecule has 0 amide bonds. The summed E-state index contributed by atoms with van der Waals surface area (Å²) in [6.07, 6.45) is 2.64. The maximum atomic E-state index is 3.50. The molecule has 1 N–H and O–H groups in total. The lowest BCUT2D eigenvalue weighted by Gasteiger charge is -2.19. The predicted molar refractivity (Wildman–Crippen MR) is 73.0 cm³/mol. The van der Waals surface area contributed by atoms with Crippen molar-refractivity contribution < 1.29 is 0 Å². The first-order valence-electron chi connectivity index (χ1n) is 6.56. The van der Waals surface area contributed by atoms with Crippen molar-refractivity contribution in [3.63, 3.8) is 0 Å². The summed E-state index contributed by atoms with van der Waals surface area (Å²) in [5.41, 5.74) is 0. The summed E-state index contributed by atoms with van der Waals surface area (Å²) in [5.74, 6) is 0.838. The van der Waals surface area contributed by atoms with Crippen LogP contribution in [0.2, 0.25) is 0 Å². The molecule has 0 fully saturated rings. The first-order chi connectivity index (χ1) is 7.52. The number of nitrogens with zero attached hydrogens (tertiary/aromatic N) is 2. The lowest BCUT2D eigenvalue weighted by Crippen LogP contribution is -2.34. The molecule has 0 aromatic rings. The summed E-state index contributed by atoms with van der Waals surface area (Å²) < 4.78 is 0. The van der Waals surface area contributed by atoms with Crippen molar-refractivity contribution in [3.05, 3.63) is 0 Å². The van der Waals surface area contributed by atoms with Crippen molar-refractivity contribution in [2.24, 2.45) is 5.92 Å². The minimum absolute atomic E-state index is 0.838. The quantitative estimate of drug-likeness (QED) is 0.573. The Morgan fingerprint density at radius 2 is 1.62 bits per heavy atom. The number of hydrogen-bond donors (Lipinski definition) is 1. The predicted octanol–water partition coefficient (Wildman–Crippen LogP) is 1.51. The molecular formula is C13H31N3. The van der Waals surface area contributed by atoms with Gasteiger partial charge in [-0.05, 0) is 46.4 Å². The van der Waals surface area contributed by atoms with E-state index in [0.717, 1.165) is 32.1 Å². The third-order valence-electron chi connectivity index (χ3n) is 2.73. The fourth-order valence-electron chi connectivity index (χ4n) is 1.51. The monoisotopic (exact) mass is 229 g/mol. The van der Waals surface area contributed by atoms with E-state index in [1.54, 1.807) is 0 Å². The van der Waals surface area contributed by atoms with E-state index in [1.807, 2.05) is 0 Å². The largest absolute Gasteiger partial charge is 0.315 e. The molecule has 3 heteroatoms. The zero-order valence-electron chi connectivity index (χ0n) is 11.9. The number of rotatable bonds is 10. The van der Waals surface area contributed by atoms with Crippen LogP contribution in [0.5, 0.6) is 0 Å². The minimum atomic E-state index is 0.838. The smallest absolute Gasteiger partial charge is 0.0107 e. The maximum Gasteiger partial charge on any atom is 0.0107 e. The van der Waals surface area contributed by atoms with Crippen LogP contribution in [0, 0.1) is 5.92 Å². The number of likely N-dealkylation sites (N-methyl/N-ethyl adjacent to an activating group) is 2. The molecule has 0 aliphatic carbocycles. The zero-order valence-corrected chi connectivity index (χ0v) is 11.9. The Hall–Kier alpha value is -0.120. The normalized spacial score (nSPS) is 12.0. The van der Waals surface area contributed by atoms with E-state index >= 15 is 0 Å². The van der Waals surface area contributed by atoms with Gasteiger partial charge in [0.2, 0.25) is 0 Å². The Morgan fingerprint density at radius 1 is 0.938 bits per heavy atom. The third-order valence-corrected chi connectivity index (χ3v) is 2.73. The molecule has 0 aromatic carbocycles. The van der Waals surface area contributed by atoms with E-state index in [-0.39, 0.29) is 0 Å². The van der Waals surface area contributed by atoms with E-state index in [2.05, 4.69) is 50.1 Å². The van der Waals surface area contributed by atoms with Crippen LogP contribution in [0.15, 0.2) is 0 Å². The second-order valence-electron chi connectivity index (χ2n) is 5.39. The average molecular weight is 229 g/mol. The van der Waals surface area contributed by atoms with E-state index in [1.165, 1.54) is 19.4 Å². The highest BCUT2D eigenvalue weighted by Gasteiger charge is 1.98. The Kier molecular flexibility index (Phi) is 9.99. The highest BCUT2D eigenvalue weighted by molar-refractivity contribution is 4.57. The van der Waals surface area contributed by atoms with Crippen LogP contribution in [0.4, 0.5) is 0 Å². The Labute approximate surface area is 102 Å². The Bertz CT molecular complexity index is 146. The van der Waals surface area contributed by atoms with Crippen molar-refractivity contribution in [1.82, 2.24) is 15.1 Å². The summed E-state index contributed by atoms with van der Waals surface area (Å²) >= 11 is 0. The summed E-state index contributed by atoms with van der Waals surface area (Å²) in [6.45, 7) is 10.3. The van der Waals surface area contributed by atoms with Crippen LogP contribution < -0.4 is 5.32 Å². The summed E-state index contributed by atoms with van der Waals surface area (Å²) in [6, 6.07) is 0. The number of nitrogens with one attached hydrogen (secondary N) is 1. The van der Waals surface area contributed by atoms with Crippen molar-refractivity contribution in [3.8, 4) is 0 Å². The van der Waals surface area contributed by atoms with Crippen LogP contribution >= 0.6 is 0 Å². The van der Waals surface area contributed by atoms with E-state index in [0.29, 0.717) is 0 Å². The van der Waals surface area contributed by atoms with Gasteiger partial charge in [-0.15, -0.1) is 0 Å². The van der Waals surface area contributed by atoms with Gasteiger partial charge in [0.05, 0.1) is 0 Å². The van der Waals surface area contributed by atoms with Crippen molar-refractivity contribution >= 4 is 0 Å². The second kappa shape index (κ2) is 10.1. The second-order valence-corrected chi connectivity index (χ2v) is 5.39. The molecule has 3 nitrogen and oxygen atoms in total. The van der Waals surface area contributed by atoms with Gasteiger partial charge in [0, 0.05) is 26.2 Å². The van der Waals surface area contributed by atoms with Gasteiger partial charge in [0.15, 0.2) is 0 Å². The van der Waals surface area contributed by atoms with Gasteiger partial charge in [-0.1, -0.05) is 13.8 Å². The van der Waals surface area contributed by atoms with Crippen LogP contribution in [0.25, 0.3) is 0 Å². The molecule has 0 heterocycles. The van der Waals surface area contributed by atoms with Gasteiger partial charge in [0.25, 0.3) is 0 Å². The van der Waals surface area contributed by atoms with Gasteiger partial charge in [-0.25, -0.2) is 0 Å². The average Bonchev–Trinajstić information content (AvgIpc) is 2.19. The number of hydrogen-bond acceptors (Lipinski definition) is 3. The lowest BCUT2D eigenvalue weighted by atomic mass is 10.1. The standard InChI is InChI=1S/C13H31N3/c1-13(2)7-6-8-14-9-10-16(5)12-11-15(3)4/h13-14H,6-12H2,1-5H3. The van der Waals surface area contributed by atoms with E-state index in [4.69, 9.17) is 0 Å². The summed E-state index contributed by atoms with van der Waals surface area (Å²) in [5, 5.41) is 3.50. The van der Waals surface area contributed by atoms with Gasteiger partial charge in [-0.3, -0.25) is 0 Å². The summed E-state index contributed by atoms with van der Waals surface area (Å²) in [4.78, 5) is 4.61. The molecule has 0 spiro atoms. The van der Waals surface area contributed by atoms with Gasteiger partial charge >= 0.3 is 0 Å². The third kappa shape index (κ3) is 12.0. The molecule has 16 heavy (non-hydrogen) atoms. The molecule has 98 valence electrons. The molecule has 0 saturated heterocycles. The zero-order chi connectivity index (χ0) is 12.4. The molecule has 0 saturated carbocycles. The van der Waals surface area contributed by atoms with Crippen LogP contribution in [0.1, 0.15) is 26.7 Å². The van der Waals surface area contributed by atoms with Crippen molar-refractivity contribution in [2.45, 2.75) is 26.7 Å². The molecule has 0 aliphatic rings. The SMILES string of the molecule is CC(C)CCCNCCN(C)CCN(C)C. The molecule has 0 bridgehead atoms. The van der Waals surface area contributed by atoms with Crippen LogP contribution in [-0.2, 0) is 0 Å². The lowest BCUT2D eigenvalue weighted by molar-refractivity contribution is 0.281. The maximum absolute atomic E-state index is 3.50. The van der Waals surface area contributed by atoms with Crippen molar-refractivity contribution in [2.75, 3.05) is 53.9 Å². The molecule has 0 aliphatic heterocycles. The van der Waals surface area contributed by atoms with Gasteiger partial charge in [-0.2, -0.15) is 0 Å². The molecule has 0 aromatic heterocycles.